The van der Waals surface area contributed by atoms with Crippen molar-refractivity contribution in [2.24, 2.45) is 0 Å². The maximum Gasteiger partial charge on any atom is 0.323 e. The molecule has 0 aliphatic rings. The first kappa shape index (κ1) is 13.9. The standard InChI is InChI=1S/C16H19N3O/c1-10-4-6-13(7-5-10)18-16(20)19-15-9-11(2)14(17)8-12(15)3/h4-9H,17H2,1-3H3,(H2,18,19,20). The van der Waals surface area contributed by atoms with Crippen molar-refractivity contribution in [1.82, 2.24) is 0 Å². The molecule has 0 aromatic heterocycles. The van der Waals surface area contributed by atoms with Crippen molar-refractivity contribution in [3.63, 3.8) is 0 Å². The van der Waals surface area contributed by atoms with E-state index in [0.29, 0.717) is 0 Å². The average Bonchev–Trinajstić information content (AvgIpc) is 2.39. The lowest BCUT2D eigenvalue weighted by molar-refractivity contribution is 0.262. The summed E-state index contributed by atoms with van der Waals surface area (Å²) in [6.45, 7) is 5.83. The van der Waals surface area contributed by atoms with E-state index >= 15 is 0 Å². The molecule has 2 rings (SSSR count). The summed E-state index contributed by atoms with van der Waals surface area (Å²) < 4.78 is 0. The van der Waals surface area contributed by atoms with Gasteiger partial charge in [0.15, 0.2) is 0 Å². The lowest BCUT2D eigenvalue weighted by atomic mass is 10.1. The van der Waals surface area contributed by atoms with Gasteiger partial charge in [-0.1, -0.05) is 17.7 Å². The highest BCUT2D eigenvalue weighted by atomic mass is 16.2. The molecule has 4 nitrogen and oxygen atoms in total. The molecule has 4 heteroatoms. The Kier molecular flexibility index (Phi) is 3.94. The fraction of sp³-hybridized carbons (Fsp3) is 0.188. The minimum atomic E-state index is -0.263. The summed E-state index contributed by atoms with van der Waals surface area (Å²) in [4.78, 5) is 12.0. The first-order valence-corrected chi connectivity index (χ1v) is 6.47. The number of carbonyl (C=O) groups is 1. The molecule has 0 radical (unpaired) electrons. The molecular formula is C16H19N3O. The number of aryl methyl sites for hydroxylation is 3. The number of nitrogen functional groups attached to an aromatic ring is 1. The number of nitrogens with two attached hydrogens (primary N) is 1. The van der Waals surface area contributed by atoms with E-state index in [1.54, 1.807) is 0 Å². The zero-order chi connectivity index (χ0) is 14.7. The maximum atomic E-state index is 12.0. The number of hydrogen-bond donors (Lipinski definition) is 3. The van der Waals surface area contributed by atoms with Gasteiger partial charge in [-0.3, -0.25) is 0 Å². The number of benzene rings is 2. The van der Waals surface area contributed by atoms with E-state index in [1.807, 2.05) is 57.2 Å². The van der Waals surface area contributed by atoms with Crippen molar-refractivity contribution in [2.45, 2.75) is 20.8 Å². The van der Waals surface area contributed by atoms with Gasteiger partial charge in [-0.25, -0.2) is 4.79 Å². The Morgan fingerprint density at radius 3 is 2.25 bits per heavy atom. The number of amides is 2. The number of carbonyl (C=O) groups excluding carboxylic acids is 1. The van der Waals surface area contributed by atoms with Gasteiger partial charge >= 0.3 is 6.03 Å². The minimum Gasteiger partial charge on any atom is -0.399 e. The molecule has 2 aromatic carbocycles. The lowest BCUT2D eigenvalue weighted by Gasteiger charge is -2.12. The van der Waals surface area contributed by atoms with Gasteiger partial charge in [-0.15, -0.1) is 0 Å². The molecule has 0 aliphatic carbocycles. The summed E-state index contributed by atoms with van der Waals surface area (Å²) in [5, 5.41) is 5.63. The normalized spacial score (nSPS) is 10.2. The van der Waals surface area contributed by atoms with Crippen molar-refractivity contribution in [3.8, 4) is 0 Å². The van der Waals surface area contributed by atoms with Gasteiger partial charge in [0.05, 0.1) is 0 Å². The van der Waals surface area contributed by atoms with E-state index in [-0.39, 0.29) is 6.03 Å². The molecule has 2 aromatic rings. The van der Waals surface area contributed by atoms with E-state index in [0.717, 1.165) is 33.8 Å². The van der Waals surface area contributed by atoms with Crippen LogP contribution in [0.2, 0.25) is 0 Å². The smallest absolute Gasteiger partial charge is 0.323 e. The number of urea groups is 1. The Balaban J connectivity index is 2.08. The topological polar surface area (TPSA) is 67.2 Å². The Morgan fingerprint density at radius 2 is 1.60 bits per heavy atom. The van der Waals surface area contributed by atoms with Crippen LogP contribution in [0.15, 0.2) is 36.4 Å². The third-order valence-corrected chi connectivity index (χ3v) is 3.17. The van der Waals surface area contributed by atoms with Gasteiger partial charge in [-0.05, 0) is 56.2 Å². The summed E-state index contributed by atoms with van der Waals surface area (Å²) in [6, 6.07) is 11.1. The maximum absolute atomic E-state index is 12.0. The van der Waals surface area contributed by atoms with Crippen LogP contribution in [0.1, 0.15) is 16.7 Å². The Bertz CT molecular complexity index is 633. The molecule has 20 heavy (non-hydrogen) atoms. The predicted molar refractivity (Wildman–Crippen MR) is 84.1 cm³/mol. The zero-order valence-corrected chi connectivity index (χ0v) is 11.9. The van der Waals surface area contributed by atoms with Gasteiger partial charge in [0.25, 0.3) is 0 Å². The molecule has 0 bridgehead atoms. The van der Waals surface area contributed by atoms with Crippen LogP contribution in [0.25, 0.3) is 0 Å². The fourth-order valence-corrected chi connectivity index (χ4v) is 1.89. The van der Waals surface area contributed by atoms with Crippen LogP contribution in [0.5, 0.6) is 0 Å². The summed E-state index contributed by atoms with van der Waals surface area (Å²) in [7, 11) is 0. The third-order valence-electron chi connectivity index (χ3n) is 3.17. The number of rotatable bonds is 2. The molecule has 0 aliphatic heterocycles. The molecule has 0 unspecified atom stereocenters. The van der Waals surface area contributed by atoms with E-state index in [9.17, 15) is 4.79 Å². The fourth-order valence-electron chi connectivity index (χ4n) is 1.89. The van der Waals surface area contributed by atoms with Crippen molar-refractivity contribution in [1.29, 1.82) is 0 Å². The molecule has 0 atom stereocenters. The third kappa shape index (κ3) is 3.29. The van der Waals surface area contributed by atoms with E-state index in [1.165, 1.54) is 0 Å². The first-order valence-electron chi connectivity index (χ1n) is 6.47. The molecule has 2 amide bonds. The van der Waals surface area contributed by atoms with Gasteiger partial charge in [-0.2, -0.15) is 0 Å². The summed E-state index contributed by atoms with van der Waals surface area (Å²) in [6.07, 6.45) is 0. The molecule has 4 N–H and O–H groups in total. The largest absolute Gasteiger partial charge is 0.399 e. The van der Waals surface area contributed by atoms with Crippen molar-refractivity contribution in [3.05, 3.63) is 53.1 Å². The zero-order valence-electron chi connectivity index (χ0n) is 11.9. The van der Waals surface area contributed by atoms with Crippen LogP contribution in [0.4, 0.5) is 21.9 Å². The van der Waals surface area contributed by atoms with Gasteiger partial charge < -0.3 is 16.4 Å². The van der Waals surface area contributed by atoms with Gasteiger partial charge in [0.1, 0.15) is 0 Å². The molecule has 0 saturated heterocycles. The Labute approximate surface area is 119 Å². The number of nitrogens with one attached hydrogen (secondary N) is 2. The monoisotopic (exact) mass is 269 g/mol. The minimum absolute atomic E-state index is 0.263. The second-order valence-corrected chi connectivity index (χ2v) is 4.97. The Morgan fingerprint density at radius 1 is 0.950 bits per heavy atom. The van der Waals surface area contributed by atoms with Crippen molar-refractivity contribution < 1.29 is 4.79 Å². The molecule has 104 valence electrons. The second kappa shape index (κ2) is 5.65. The molecule has 0 saturated carbocycles. The van der Waals surface area contributed by atoms with E-state index in [4.69, 9.17) is 5.73 Å². The van der Waals surface area contributed by atoms with Crippen LogP contribution >= 0.6 is 0 Å². The van der Waals surface area contributed by atoms with Gasteiger partial charge in [0.2, 0.25) is 0 Å². The second-order valence-electron chi connectivity index (χ2n) is 4.97. The summed E-state index contributed by atoms with van der Waals surface area (Å²) in [5.41, 5.74) is 11.1. The van der Waals surface area contributed by atoms with Crippen molar-refractivity contribution in [2.75, 3.05) is 16.4 Å². The van der Waals surface area contributed by atoms with E-state index in [2.05, 4.69) is 10.6 Å². The quantitative estimate of drug-likeness (QED) is 0.725. The number of anilines is 3. The van der Waals surface area contributed by atoms with Crippen LogP contribution in [0.3, 0.4) is 0 Å². The SMILES string of the molecule is Cc1ccc(NC(=O)Nc2cc(C)c(N)cc2C)cc1. The summed E-state index contributed by atoms with van der Waals surface area (Å²) >= 11 is 0. The van der Waals surface area contributed by atoms with E-state index < -0.39 is 0 Å². The highest BCUT2D eigenvalue weighted by Crippen LogP contribution is 2.22. The van der Waals surface area contributed by atoms with Crippen molar-refractivity contribution >= 4 is 23.1 Å². The average molecular weight is 269 g/mol. The molecular weight excluding hydrogens is 250 g/mol. The molecule has 0 heterocycles. The summed E-state index contributed by atoms with van der Waals surface area (Å²) in [5.74, 6) is 0. The van der Waals surface area contributed by atoms with Crippen LogP contribution < -0.4 is 16.4 Å². The van der Waals surface area contributed by atoms with Crippen LogP contribution in [-0.2, 0) is 0 Å². The van der Waals surface area contributed by atoms with Gasteiger partial charge in [0, 0.05) is 17.1 Å². The molecule has 0 fully saturated rings. The van der Waals surface area contributed by atoms with Crippen LogP contribution in [-0.4, -0.2) is 6.03 Å². The Hall–Kier alpha value is -2.49. The highest BCUT2D eigenvalue weighted by molar-refractivity contribution is 6.00. The lowest BCUT2D eigenvalue weighted by Crippen LogP contribution is -2.20. The number of hydrogen-bond acceptors (Lipinski definition) is 2. The molecule has 0 spiro atoms. The predicted octanol–water partition coefficient (Wildman–Crippen LogP) is 3.84. The first-order chi connectivity index (χ1) is 9.45. The highest BCUT2D eigenvalue weighted by Gasteiger charge is 2.07. The van der Waals surface area contributed by atoms with Crippen LogP contribution in [0, 0.1) is 20.8 Å².